The van der Waals surface area contributed by atoms with Crippen molar-refractivity contribution in [2.45, 2.75) is 0 Å². The van der Waals surface area contributed by atoms with E-state index < -0.39 is 10.8 Å². The highest BCUT2D eigenvalue weighted by atomic mass is 16.6. The number of para-hydroxylation sites is 1. The van der Waals surface area contributed by atoms with E-state index in [4.69, 9.17) is 0 Å². The van der Waals surface area contributed by atoms with Gasteiger partial charge in [-0.15, -0.1) is 0 Å². The van der Waals surface area contributed by atoms with E-state index in [0.29, 0.717) is 5.71 Å². The first kappa shape index (κ1) is 16.3. The number of amides is 1. The Labute approximate surface area is 144 Å². The standard InChI is InChI=1S/C20H14N2O3/c23-20(17-13-7-8-14-18(17)22(24)25)21-19(15-9-3-1-4-10-15)16-11-5-2-6-12-16/h1-14H. The van der Waals surface area contributed by atoms with Crippen LogP contribution in [0.25, 0.3) is 0 Å². The van der Waals surface area contributed by atoms with Gasteiger partial charge in [-0.25, -0.2) is 4.99 Å². The van der Waals surface area contributed by atoms with E-state index in [1.165, 1.54) is 18.2 Å². The molecule has 0 atom stereocenters. The maximum atomic E-state index is 12.6. The third kappa shape index (κ3) is 3.67. The molecule has 0 aliphatic rings. The van der Waals surface area contributed by atoms with E-state index in [1.54, 1.807) is 6.07 Å². The van der Waals surface area contributed by atoms with Crippen LogP contribution in [0.5, 0.6) is 0 Å². The number of nitrogens with zero attached hydrogens (tertiary/aromatic N) is 2. The molecule has 1 amide bonds. The average Bonchev–Trinajstić information content (AvgIpc) is 2.67. The number of carbonyl (C=O) groups excluding carboxylic acids is 1. The Morgan fingerprint density at radius 3 is 1.76 bits per heavy atom. The molecule has 0 spiro atoms. The molecule has 0 N–H and O–H groups in total. The highest BCUT2D eigenvalue weighted by molar-refractivity contribution is 6.19. The Hall–Kier alpha value is -3.60. The topological polar surface area (TPSA) is 72.6 Å². The lowest BCUT2D eigenvalue weighted by atomic mass is 10.0. The van der Waals surface area contributed by atoms with E-state index in [-0.39, 0.29) is 11.3 Å². The van der Waals surface area contributed by atoms with Crippen LogP contribution in [0, 0.1) is 10.1 Å². The molecule has 25 heavy (non-hydrogen) atoms. The molecule has 3 rings (SSSR count). The Morgan fingerprint density at radius 2 is 1.24 bits per heavy atom. The number of nitro groups is 1. The lowest BCUT2D eigenvalue weighted by molar-refractivity contribution is -0.385. The van der Waals surface area contributed by atoms with E-state index in [0.717, 1.165) is 11.1 Å². The number of carbonyl (C=O) groups is 1. The molecule has 0 aliphatic carbocycles. The highest BCUT2D eigenvalue weighted by Gasteiger charge is 2.20. The number of benzene rings is 3. The smallest absolute Gasteiger partial charge is 0.266 e. The summed E-state index contributed by atoms with van der Waals surface area (Å²) in [6.45, 7) is 0. The molecule has 5 nitrogen and oxygen atoms in total. The fourth-order valence-corrected chi connectivity index (χ4v) is 2.46. The van der Waals surface area contributed by atoms with Crippen LogP contribution in [-0.4, -0.2) is 16.5 Å². The predicted molar refractivity (Wildman–Crippen MR) is 95.9 cm³/mol. The van der Waals surface area contributed by atoms with Crippen molar-refractivity contribution in [1.82, 2.24) is 0 Å². The van der Waals surface area contributed by atoms with Crippen molar-refractivity contribution < 1.29 is 9.72 Å². The fourth-order valence-electron chi connectivity index (χ4n) is 2.46. The molecule has 0 saturated heterocycles. The third-order valence-electron chi connectivity index (χ3n) is 3.64. The van der Waals surface area contributed by atoms with Gasteiger partial charge in [0.1, 0.15) is 5.56 Å². The van der Waals surface area contributed by atoms with Gasteiger partial charge in [-0.05, 0) is 6.07 Å². The zero-order valence-electron chi connectivity index (χ0n) is 13.2. The normalized spacial score (nSPS) is 10.1. The Bertz CT molecular complexity index is 894. The molecule has 0 fully saturated rings. The summed E-state index contributed by atoms with van der Waals surface area (Å²) in [5.41, 5.74) is 1.72. The Kier molecular flexibility index (Phi) is 4.76. The Morgan fingerprint density at radius 1 is 0.760 bits per heavy atom. The van der Waals surface area contributed by atoms with Crippen LogP contribution >= 0.6 is 0 Å². The first-order valence-corrected chi connectivity index (χ1v) is 7.64. The van der Waals surface area contributed by atoms with Gasteiger partial charge < -0.3 is 0 Å². The maximum absolute atomic E-state index is 12.6. The van der Waals surface area contributed by atoms with Gasteiger partial charge in [0, 0.05) is 17.2 Å². The number of hydrogen-bond donors (Lipinski definition) is 0. The van der Waals surface area contributed by atoms with Gasteiger partial charge in [-0.2, -0.15) is 0 Å². The quantitative estimate of drug-likeness (QED) is 0.407. The first-order chi connectivity index (χ1) is 12.2. The molecule has 0 unspecified atom stereocenters. The summed E-state index contributed by atoms with van der Waals surface area (Å²) in [5, 5.41) is 11.2. The van der Waals surface area contributed by atoms with Crippen LogP contribution in [0.1, 0.15) is 21.5 Å². The van der Waals surface area contributed by atoms with Gasteiger partial charge in [0.05, 0.1) is 10.6 Å². The summed E-state index contributed by atoms with van der Waals surface area (Å²) >= 11 is 0. The van der Waals surface area contributed by atoms with Gasteiger partial charge in [-0.1, -0.05) is 72.8 Å². The monoisotopic (exact) mass is 330 g/mol. The molecule has 0 saturated carbocycles. The molecule has 0 aromatic heterocycles. The minimum absolute atomic E-state index is 0.0307. The lowest BCUT2D eigenvalue weighted by Crippen LogP contribution is -2.09. The van der Waals surface area contributed by atoms with Crippen molar-refractivity contribution in [3.8, 4) is 0 Å². The van der Waals surface area contributed by atoms with E-state index >= 15 is 0 Å². The predicted octanol–water partition coefficient (Wildman–Crippen LogP) is 4.27. The summed E-state index contributed by atoms with van der Waals surface area (Å²) in [6.07, 6.45) is 0. The van der Waals surface area contributed by atoms with Gasteiger partial charge in [-0.3, -0.25) is 14.9 Å². The van der Waals surface area contributed by atoms with Crippen molar-refractivity contribution in [1.29, 1.82) is 0 Å². The highest BCUT2D eigenvalue weighted by Crippen LogP contribution is 2.20. The number of aliphatic imine (C=N–C) groups is 1. The molecular formula is C20H14N2O3. The third-order valence-corrected chi connectivity index (χ3v) is 3.64. The summed E-state index contributed by atoms with van der Waals surface area (Å²) in [5.74, 6) is -0.644. The SMILES string of the molecule is O=C(N=C(c1ccccc1)c1ccccc1)c1ccccc1[N+](=O)[O-]. The molecule has 3 aromatic rings. The van der Waals surface area contributed by atoms with Crippen LogP contribution in [-0.2, 0) is 0 Å². The minimum atomic E-state index is -0.644. The van der Waals surface area contributed by atoms with Crippen LogP contribution in [0.4, 0.5) is 5.69 Å². The van der Waals surface area contributed by atoms with Crippen molar-refractivity contribution in [2.24, 2.45) is 4.99 Å². The zero-order chi connectivity index (χ0) is 17.6. The zero-order valence-corrected chi connectivity index (χ0v) is 13.2. The Balaban J connectivity index is 2.11. The van der Waals surface area contributed by atoms with Crippen LogP contribution in [0.2, 0.25) is 0 Å². The number of hydrogen-bond acceptors (Lipinski definition) is 3. The van der Waals surface area contributed by atoms with Gasteiger partial charge in [0.2, 0.25) is 0 Å². The van der Waals surface area contributed by atoms with Gasteiger partial charge in [0.15, 0.2) is 0 Å². The van der Waals surface area contributed by atoms with E-state index in [1.807, 2.05) is 60.7 Å². The number of rotatable bonds is 4. The summed E-state index contributed by atoms with van der Waals surface area (Å²) < 4.78 is 0. The van der Waals surface area contributed by atoms with Gasteiger partial charge >= 0.3 is 0 Å². The van der Waals surface area contributed by atoms with E-state index in [2.05, 4.69) is 4.99 Å². The molecule has 0 heterocycles. The second-order valence-electron chi connectivity index (χ2n) is 5.27. The second-order valence-corrected chi connectivity index (χ2v) is 5.27. The van der Waals surface area contributed by atoms with Crippen LogP contribution < -0.4 is 0 Å². The molecule has 5 heteroatoms. The molecule has 0 aliphatic heterocycles. The second kappa shape index (κ2) is 7.31. The fraction of sp³-hybridized carbons (Fsp3) is 0. The van der Waals surface area contributed by atoms with Crippen molar-refractivity contribution in [3.63, 3.8) is 0 Å². The summed E-state index contributed by atoms with van der Waals surface area (Å²) in [6, 6.07) is 24.3. The van der Waals surface area contributed by atoms with Crippen molar-refractivity contribution in [2.75, 3.05) is 0 Å². The van der Waals surface area contributed by atoms with Crippen LogP contribution in [0.3, 0.4) is 0 Å². The molecule has 3 aromatic carbocycles. The first-order valence-electron chi connectivity index (χ1n) is 7.64. The van der Waals surface area contributed by atoms with Crippen LogP contribution in [0.15, 0.2) is 89.9 Å². The summed E-state index contributed by atoms with van der Waals surface area (Å²) in [7, 11) is 0. The molecule has 122 valence electrons. The maximum Gasteiger partial charge on any atom is 0.284 e. The van der Waals surface area contributed by atoms with E-state index in [9.17, 15) is 14.9 Å². The summed E-state index contributed by atoms with van der Waals surface area (Å²) in [4.78, 5) is 27.4. The van der Waals surface area contributed by atoms with Crippen molar-refractivity contribution >= 4 is 17.3 Å². The molecule has 0 radical (unpaired) electrons. The molecule has 0 bridgehead atoms. The lowest BCUT2D eigenvalue weighted by Gasteiger charge is -2.07. The number of nitro benzene ring substituents is 1. The minimum Gasteiger partial charge on any atom is -0.266 e. The molecular weight excluding hydrogens is 316 g/mol. The average molecular weight is 330 g/mol. The van der Waals surface area contributed by atoms with Crippen molar-refractivity contribution in [3.05, 3.63) is 112 Å². The van der Waals surface area contributed by atoms with Gasteiger partial charge in [0.25, 0.3) is 11.6 Å². The largest absolute Gasteiger partial charge is 0.284 e.